The summed E-state index contributed by atoms with van der Waals surface area (Å²) in [6.45, 7) is 5.22. The minimum atomic E-state index is -0.462. The molecule has 8 nitrogen and oxygen atoms in total. The fourth-order valence-corrected chi connectivity index (χ4v) is 5.33. The van der Waals surface area contributed by atoms with Crippen molar-refractivity contribution in [3.8, 4) is 11.5 Å². The number of pyridine rings is 1. The number of fused-ring (bicyclic) bond motifs is 2. The van der Waals surface area contributed by atoms with Crippen LogP contribution in [0.15, 0.2) is 65.4 Å². The Kier molecular flexibility index (Phi) is 6.94. The number of hydrogen-bond acceptors (Lipinski definition) is 7. The van der Waals surface area contributed by atoms with E-state index in [1.165, 1.54) is 25.1 Å². The second-order valence-corrected chi connectivity index (χ2v) is 10.2. The van der Waals surface area contributed by atoms with E-state index in [2.05, 4.69) is 16.0 Å². The molecule has 40 heavy (non-hydrogen) atoms. The third-order valence-corrected chi connectivity index (χ3v) is 7.49. The van der Waals surface area contributed by atoms with E-state index in [-0.39, 0.29) is 12.5 Å². The van der Waals surface area contributed by atoms with Crippen molar-refractivity contribution in [1.29, 1.82) is 0 Å². The lowest BCUT2D eigenvalue weighted by atomic mass is 10.1. The number of benzene rings is 2. The number of amides is 1. The number of aromatic nitrogens is 1. The fraction of sp³-hybridized carbons (Fsp3) is 0.258. The maximum Gasteiger partial charge on any atom is 0.330 e. The monoisotopic (exact) mass is 557 g/mol. The molecule has 1 saturated carbocycles. The summed E-state index contributed by atoms with van der Waals surface area (Å²) in [6, 6.07) is 13.6. The van der Waals surface area contributed by atoms with Crippen LogP contribution in [0.25, 0.3) is 17.0 Å². The lowest BCUT2D eigenvalue weighted by Crippen LogP contribution is -2.45. The summed E-state index contributed by atoms with van der Waals surface area (Å²) in [5.41, 5.74) is 3.55. The number of para-hydroxylation sites is 2. The zero-order valence-corrected chi connectivity index (χ0v) is 23.0. The summed E-state index contributed by atoms with van der Waals surface area (Å²) in [7, 11) is 0. The minimum absolute atomic E-state index is 0.198. The number of anilines is 2. The molecule has 4 aromatic rings. The molecular weight excluding hydrogens is 530 g/mol. The van der Waals surface area contributed by atoms with Crippen molar-refractivity contribution in [2.75, 3.05) is 29.5 Å². The van der Waals surface area contributed by atoms with Crippen LogP contribution in [0.1, 0.15) is 41.4 Å². The molecule has 9 heteroatoms. The summed E-state index contributed by atoms with van der Waals surface area (Å²) in [5, 5.41) is 1.01. The standard InChI is InChI=1S/C31H28ClN3O5/c1-3-38-28(36)13-12-25-19(2)29-27(39-25)11-10-22(32)30(29)40-26-14-15-33-18-21(26)31(37)35-17-16-34(20-8-9-20)23-6-4-5-7-24(23)35/h4-7,10-15,18,20H,3,8-9,16-17H2,1-2H3/b13-12+. The van der Waals surface area contributed by atoms with E-state index in [0.717, 1.165) is 23.5 Å². The van der Waals surface area contributed by atoms with E-state index in [0.29, 0.717) is 51.4 Å². The zero-order valence-electron chi connectivity index (χ0n) is 22.2. The van der Waals surface area contributed by atoms with E-state index >= 15 is 0 Å². The SMILES string of the molecule is CCOC(=O)/C=C/c1oc2ccc(Cl)c(Oc3ccncc3C(=O)N3CCN(C4CC4)c4ccccc43)c2c1C. The largest absolute Gasteiger partial charge is 0.463 e. The lowest BCUT2D eigenvalue weighted by molar-refractivity contribution is -0.137. The van der Waals surface area contributed by atoms with Gasteiger partial charge >= 0.3 is 5.97 Å². The normalized spacial score (nSPS) is 15.0. The van der Waals surface area contributed by atoms with Gasteiger partial charge in [0.2, 0.25) is 0 Å². The highest BCUT2D eigenvalue weighted by Gasteiger charge is 2.36. The summed E-state index contributed by atoms with van der Waals surface area (Å²) < 4.78 is 17.3. The molecule has 2 aromatic heterocycles. The van der Waals surface area contributed by atoms with Gasteiger partial charge < -0.3 is 23.7 Å². The number of carbonyl (C=O) groups excluding carboxylic acids is 2. The lowest BCUT2D eigenvalue weighted by Gasteiger charge is -2.38. The van der Waals surface area contributed by atoms with Gasteiger partial charge in [-0.15, -0.1) is 0 Å². The molecule has 2 aliphatic rings. The molecule has 0 spiro atoms. The first-order valence-electron chi connectivity index (χ1n) is 13.3. The first kappa shape index (κ1) is 26.0. The molecule has 1 aliphatic heterocycles. The van der Waals surface area contributed by atoms with Crippen LogP contribution in [0.2, 0.25) is 5.02 Å². The quantitative estimate of drug-likeness (QED) is 0.183. The number of nitrogens with zero attached hydrogens (tertiary/aromatic N) is 3. The number of rotatable bonds is 7. The highest BCUT2D eigenvalue weighted by molar-refractivity contribution is 6.33. The van der Waals surface area contributed by atoms with Gasteiger partial charge in [0.25, 0.3) is 5.91 Å². The van der Waals surface area contributed by atoms with E-state index < -0.39 is 5.97 Å². The highest BCUT2D eigenvalue weighted by atomic mass is 35.5. The van der Waals surface area contributed by atoms with Crippen LogP contribution >= 0.6 is 11.6 Å². The van der Waals surface area contributed by atoms with Crippen molar-refractivity contribution in [3.05, 3.63) is 82.8 Å². The van der Waals surface area contributed by atoms with Gasteiger partial charge in [-0.2, -0.15) is 0 Å². The Morgan fingerprint density at radius 2 is 1.93 bits per heavy atom. The van der Waals surface area contributed by atoms with Gasteiger partial charge in [0, 0.05) is 43.2 Å². The second-order valence-electron chi connectivity index (χ2n) is 9.77. The molecule has 0 radical (unpaired) electrons. The molecule has 6 rings (SSSR count). The molecule has 0 atom stereocenters. The average Bonchev–Trinajstić information content (AvgIpc) is 3.76. The number of aryl methyl sites for hydroxylation is 1. The van der Waals surface area contributed by atoms with Gasteiger partial charge in [0.1, 0.15) is 22.7 Å². The second kappa shape index (κ2) is 10.7. The first-order chi connectivity index (χ1) is 19.5. The third kappa shape index (κ3) is 4.79. The predicted molar refractivity (Wildman–Crippen MR) is 154 cm³/mol. The van der Waals surface area contributed by atoms with Gasteiger partial charge in [-0.1, -0.05) is 23.7 Å². The van der Waals surface area contributed by atoms with Crippen LogP contribution in [-0.4, -0.2) is 42.6 Å². The molecule has 204 valence electrons. The number of furan rings is 1. The fourth-order valence-electron chi connectivity index (χ4n) is 5.14. The Labute approximate surface area is 236 Å². The minimum Gasteiger partial charge on any atom is -0.463 e. The molecular formula is C31H28ClN3O5. The predicted octanol–water partition coefficient (Wildman–Crippen LogP) is 6.79. The van der Waals surface area contributed by atoms with Crippen molar-refractivity contribution >= 4 is 51.9 Å². The topological polar surface area (TPSA) is 85.1 Å². The Balaban J connectivity index is 1.35. The molecule has 1 aliphatic carbocycles. The number of halogens is 1. The molecule has 0 N–H and O–H groups in total. The van der Waals surface area contributed by atoms with Gasteiger partial charge in [-0.25, -0.2) is 4.79 Å². The zero-order chi connectivity index (χ0) is 27.8. The van der Waals surface area contributed by atoms with Crippen molar-refractivity contribution in [2.45, 2.75) is 32.7 Å². The molecule has 0 saturated heterocycles. The van der Waals surface area contributed by atoms with Crippen LogP contribution < -0.4 is 14.5 Å². The summed E-state index contributed by atoms with van der Waals surface area (Å²) in [4.78, 5) is 34.2. The summed E-state index contributed by atoms with van der Waals surface area (Å²) in [6.07, 6.45) is 8.35. The summed E-state index contributed by atoms with van der Waals surface area (Å²) in [5.74, 6) is 0.509. The molecule has 3 heterocycles. The number of esters is 1. The maximum absolute atomic E-state index is 14.0. The summed E-state index contributed by atoms with van der Waals surface area (Å²) >= 11 is 6.63. The van der Waals surface area contributed by atoms with Crippen molar-refractivity contribution in [3.63, 3.8) is 0 Å². The third-order valence-electron chi connectivity index (χ3n) is 7.20. The number of ether oxygens (including phenoxy) is 2. The van der Waals surface area contributed by atoms with E-state index in [9.17, 15) is 9.59 Å². The van der Waals surface area contributed by atoms with E-state index in [4.69, 9.17) is 25.5 Å². The maximum atomic E-state index is 14.0. The van der Waals surface area contributed by atoms with Gasteiger partial charge in [0.05, 0.1) is 28.4 Å². The molecule has 1 amide bonds. The van der Waals surface area contributed by atoms with Gasteiger partial charge in [0.15, 0.2) is 5.75 Å². The molecule has 2 aromatic carbocycles. The number of hydrogen-bond donors (Lipinski definition) is 0. The van der Waals surface area contributed by atoms with E-state index in [1.54, 1.807) is 42.3 Å². The van der Waals surface area contributed by atoms with Crippen LogP contribution in [0.3, 0.4) is 0 Å². The smallest absolute Gasteiger partial charge is 0.330 e. The van der Waals surface area contributed by atoms with Gasteiger partial charge in [-0.3, -0.25) is 9.78 Å². The molecule has 0 bridgehead atoms. The Morgan fingerprint density at radius 1 is 1.12 bits per heavy atom. The van der Waals surface area contributed by atoms with E-state index in [1.807, 2.05) is 25.1 Å². The molecule has 0 unspecified atom stereocenters. The first-order valence-corrected chi connectivity index (χ1v) is 13.7. The average molecular weight is 558 g/mol. The van der Waals surface area contributed by atoms with Crippen molar-refractivity contribution < 1.29 is 23.5 Å². The Morgan fingerprint density at radius 3 is 2.70 bits per heavy atom. The van der Waals surface area contributed by atoms with Crippen LogP contribution in [0.4, 0.5) is 11.4 Å². The Bertz CT molecular complexity index is 1640. The van der Waals surface area contributed by atoms with Crippen molar-refractivity contribution in [2.24, 2.45) is 0 Å². The van der Waals surface area contributed by atoms with Crippen LogP contribution in [-0.2, 0) is 9.53 Å². The Hall–Kier alpha value is -4.30. The van der Waals surface area contributed by atoms with Gasteiger partial charge in [-0.05, 0) is 63.1 Å². The van der Waals surface area contributed by atoms with Crippen molar-refractivity contribution in [1.82, 2.24) is 4.98 Å². The number of carbonyl (C=O) groups is 2. The van der Waals surface area contributed by atoms with Crippen LogP contribution in [0.5, 0.6) is 11.5 Å². The highest BCUT2D eigenvalue weighted by Crippen LogP contribution is 2.43. The van der Waals surface area contributed by atoms with Crippen LogP contribution in [0, 0.1) is 6.92 Å². The molecule has 1 fully saturated rings.